The molecule has 8 heteroatoms. The zero-order valence-electron chi connectivity index (χ0n) is 11.7. The van der Waals surface area contributed by atoms with E-state index in [0.29, 0.717) is 23.9 Å². The van der Waals surface area contributed by atoms with Crippen LogP contribution in [-0.4, -0.2) is 30.5 Å². The molecule has 1 unspecified atom stereocenters. The van der Waals surface area contributed by atoms with Gasteiger partial charge in [-0.2, -0.15) is 15.0 Å². The molecular weight excluding hydrogens is 256 g/mol. The molecule has 2 heterocycles. The fourth-order valence-electron chi connectivity index (χ4n) is 1.79. The number of rotatable bonds is 7. The van der Waals surface area contributed by atoms with Crippen LogP contribution in [0.4, 0.5) is 11.9 Å². The quantitative estimate of drug-likeness (QED) is 0.517. The Kier molecular flexibility index (Phi) is 4.83. The molecule has 2 rings (SSSR count). The number of nitrogens with two attached hydrogens (primary N) is 1. The van der Waals surface area contributed by atoms with E-state index in [1.54, 1.807) is 23.3 Å². The summed E-state index contributed by atoms with van der Waals surface area (Å²) < 4.78 is 1.70. The zero-order chi connectivity index (χ0) is 14.4. The Balaban J connectivity index is 2.18. The Hall–Kier alpha value is -2.22. The standard InChI is InChI=1S/C12H20N8/c1-3-4-5-9(2)15-10-16-11(19-13)18-12(17-10)20-7-6-14-8-20/h6-9H,3-5,13H2,1-2H3,(H2,15,16,17,18,19). The molecule has 0 aliphatic heterocycles. The minimum absolute atomic E-state index is 0.290. The summed E-state index contributed by atoms with van der Waals surface area (Å²) in [5.74, 6) is 6.68. The highest BCUT2D eigenvalue weighted by Crippen LogP contribution is 2.11. The molecule has 0 bridgehead atoms. The van der Waals surface area contributed by atoms with Crippen molar-refractivity contribution in [2.45, 2.75) is 39.2 Å². The van der Waals surface area contributed by atoms with E-state index in [1.807, 2.05) is 0 Å². The maximum absolute atomic E-state index is 5.40. The highest BCUT2D eigenvalue weighted by atomic mass is 15.4. The normalized spacial score (nSPS) is 12.2. The van der Waals surface area contributed by atoms with Gasteiger partial charge in [0.25, 0.3) is 0 Å². The lowest BCUT2D eigenvalue weighted by molar-refractivity contribution is 0.640. The number of anilines is 2. The molecule has 4 N–H and O–H groups in total. The molecule has 0 fully saturated rings. The van der Waals surface area contributed by atoms with Crippen LogP contribution in [0.5, 0.6) is 0 Å². The summed E-state index contributed by atoms with van der Waals surface area (Å²) in [5, 5.41) is 3.26. The molecule has 0 radical (unpaired) electrons. The van der Waals surface area contributed by atoms with Crippen LogP contribution in [0.3, 0.4) is 0 Å². The van der Waals surface area contributed by atoms with Crippen molar-refractivity contribution in [1.29, 1.82) is 0 Å². The SMILES string of the molecule is CCCCC(C)Nc1nc(NN)nc(-n2ccnc2)n1. The van der Waals surface area contributed by atoms with E-state index in [-0.39, 0.29) is 0 Å². The lowest BCUT2D eigenvalue weighted by Crippen LogP contribution is -2.20. The molecule has 0 aliphatic carbocycles. The van der Waals surface area contributed by atoms with Crippen molar-refractivity contribution in [1.82, 2.24) is 24.5 Å². The molecule has 0 aliphatic rings. The maximum Gasteiger partial charge on any atom is 0.243 e. The van der Waals surface area contributed by atoms with Crippen LogP contribution in [0.1, 0.15) is 33.1 Å². The summed E-state index contributed by atoms with van der Waals surface area (Å²) >= 11 is 0. The summed E-state index contributed by atoms with van der Waals surface area (Å²) in [6.45, 7) is 4.27. The van der Waals surface area contributed by atoms with E-state index < -0.39 is 0 Å². The third-order valence-electron chi connectivity index (χ3n) is 2.85. The van der Waals surface area contributed by atoms with Gasteiger partial charge in [-0.1, -0.05) is 19.8 Å². The molecule has 1 atom stereocenters. The molecule has 2 aromatic rings. The minimum atomic E-state index is 0.290. The van der Waals surface area contributed by atoms with Gasteiger partial charge in [-0.05, 0) is 13.3 Å². The van der Waals surface area contributed by atoms with Crippen LogP contribution >= 0.6 is 0 Å². The van der Waals surface area contributed by atoms with Crippen molar-refractivity contribution in [2.75, 3.05) is 10.7 Å². The highest BCUT2D eigenvalue weighted by molar-refractivity contribution is 5.37. The molecule has 0 spiro atoms. The van der Waals surface area contributed by atoms with Gasteiger partial charge in [0.05, 0.1) is 0 Å². The van der Waals surface area contributed by atoms with Gasteiger partial charge in [0.2, 0.25) is 17.8 Å². The van der Waals surface area contributed by atoms with E-state index in [2.05, 4.69) is 44.5 Å². The number of nitrogens with zero attached hydrogens (tertiary/aromatic N) is 5. The molecular formula is C12H20N8. The van der Waals surface area contributed by atoms with Crippen LogP contribution in [0.2, 0.25) is 0 Å². The summed E-state index contributed by atoms with van der Waals surface area (Å²) in [7, 11) is 0. The Morgan fingerprint density at radius 1 is 1.30 bits per heavy atom. The summed E-state index contributed by atoms with van der Waals surface area (Å²) in [4.78, 5) is 16.7. The predicted molar refractivity (Wildman–Crippen MR) is 77.4 cm³/mol. The van der Waals surface area contributed by atoms with Crippen LogP contribution < -0.4 is 16.6 Å². The van der Waals surface area contributed by atoms with Crippen molar-refractivity contribution in [2.24, 2.45) is 5.84 Å². The fraction of sp³-hybridized carbons (Fsp3) is 0.500. The topological polar surface area (TPSA) is 107 Å². The first-order valence-electron chi connectivity index (χ1n) is 6.70. The molecule has 2 aromatic heterocycles. The van der Waals surface area contributed by atoms with Crippen molar-refractivity contribution in [3.63, 3.8) is 0 Å². The molecule has 8 nitrogen and oxygen atoms in total. The van der Waals surface area contributed by atoms with Crippen LogP contribution in [0, 0.1) is 0 Å². The molecule has 20 heavy (non-hydrogen) atoms. The minimum Gasteiger partial charge on any atom is -0.352 e. The smallest absolute Gasteiger partial charge is 0.243 e. The Morgan fingerprint density at radius 2 is 2.10 bits per heavy atom. The molecule has 0 amide bonds. The van der Waals surface area contributed by atoms with E-state index in [4.69, 9.17) is 5.84 Å². The first-order chi connectivity index (χ1) is 9.72. The number of hydrogen-bond donors (Lipinski definition) is 3. The number of nitrogen functional groups attached to an aromatic ring is 1. The average molecular weight is 276 g/mol. The van der Waals surface area contributed by atoms with E-state index in [1.165, 1.54) is 6.42 Å². The number of imidazole rings is 1. The van der Waals surface area contributed by atoms with Crippen molar-refractivity contribution in [3.05, 3.63) is 18.7 Å². The maximum atomic E-state index is 5.40. The van der Waals surface area contributed by atoms with E-state index in [9.17, 15) is 0 Å². The second-order valence-corrected chi connectivity index (χ2v) is 4.58. The molecule has 0 saturated heterocycles. The number of unbranched alkanes of at least 4 members (excludes halogenated alkanes) is 1. The van der Waals surface area contributed by atoms with Crippen LogP contribution in [0.15, 0.2) is 18.7 Å². The largest absolute Gasteiger partial charge is 0.352 e. The second-order valence-electron chi connectivity index (χ2n) is 4.58. The number of hydrogen-bond acceptors (Lipinski definition) is 7. The van der Waals surface area contributed by atoms with Gasteiger partial charge in [0.15, 0.2) is 0 Å². The Bertz CT molecular complexity index is 524. The van der Waals surface area contributed by atoms with E-state index >= 15 is 0 Å². The third-order valence-corrected chi connectivity index (χ3v) is 2.85. The fourth-order valence-corrected chi connectivity index (χ4v) is 1.79. The van der Waals surface area contributed by atoms with Gasteiger partial charge >= 0.3 is 0 Å². The average Bonchev–Trinajstić information content (AvgIpc) is 2.99. The van der Waals surface area contributed by atoms with Crippen LogP contribution in [-0.2, 0) is 0 Å². The van der Waals surface area contributed by atoms with Crippen molar-refractivity contribution >= 4 is 11.9 Å². The number of hydrazine groups is 1. The Morgan fingerprint density at radius 3 is 2.75 bits per heavy atom. The zero-order valence-corrected chi connectivity index (χ0v) is 11.7. The van der Waals surface area contributed by atoms with Crippen molar-refractivity contribution in [3.8, 4) is 5.95 Å². The molecule has 0 saturated carbocycles. The monoisotopic (exact) mass is 276 g/mol. The molecule has 0 aromatic carbocycles. The van der Waals surface area contributed by atoms with Gasteiger partial charge < -0.3 is 5.32 Å². The van der Waals surface area contributed by atoms with Gasteiger partial charge in [-0.3, -0.25) is 9.99 Å². The van der Waals surface area contributed by atoms with Crippen molar-refractivity contribution < 1.29 is 0 Å². The lowest BCUT2D eigenvalue weighted by atomic mass is 10.1. The van der Waals surface area contributed by atoms with Gasteiger partial charge in [-0.25, -0.2) is 10.8 Å². The van der Waals surface area contributed by atoms with E-state index in [0.717, 1.165) is 12.8 Å². The van der Waals surface area contributed by atoms with Gasteiger partial charge in [0.1, 0.15) is 6.33 Å². The highest BCUT2D eigenvalue weighted by Gasteiger charge is 2.09. The lowest BCUT2D eigenvalue weighted by Gasteiger charge is -2.14. The van der Waals surface area contributed by atoms with Gasteiger partial charge in [0, 0.05) is 18.4 Å². The third kappa shape index (κ3) is 3.64. The second kappa shape index (κ2) is 6.80. The number of nitrogens with one attached hydrogen (secondary N) is 2. The van der Waals surface area contributed by atoms with Crippen LogP contribution in [0.25, 0.3) is 5.95 Å². The van der Waals surface area contributed by atoms with Gasteiger partial charge in [-0.15, -0.1) is 0 Å². The first kappa shape index (κ1) is 14.2. The number of aromatic nitrogens is 5. The Labute approximate surface area is 117 Å². The first-order valence-corrected chi connectivity index (χ1v) is 6.70. The molecule has 108 valence electrons. The summed E-state index contributed by atoms with van der Waals surface area (Å²) in [6, 6.07) is 0.290. The summed E-state index contributed by atoms with van der Waals surface area (Å²) in [6.07, 6.45) is 8.44. The predicted octanol–water partition coefficient (Wildman–Crippen LogP) is 1.33. The summed E-state index contributed by atoms with van der Waals surface area (Å²) in [5.41, 5.74) is 2.45.